The molecule has 0 aromatic carbocycles. The van der Waals surface area contributed by atoms with E-state index in [4.69, 9.17) is 12.2 Å². The Bertz CT molecular complexity index is 224. The van der Waals surface area contributed by atoms with E-state index in [1.807, 2.05) is 18.4 Å². The van der Waals surface area contributed by atoms with Gasteiger partial charge in [-0.3, -0.25) is 0 Å². The van der Waals surface area contributed by atoms with Gasteiger partial charge in [0.25, 0.3) is 0 Å². The van der Waals surface area contributed by atoms with Gasteiger partial charge in [-0.05, 0) is 29.3 Å². The highest BCUT2D eigenvalue weighted by Gasteiger charge is 1.80. The lowest BCUT2D eigenvalue weighted by molar-refractivity contribution is 1.50. The van der Waals surface area contributed by atoms with Crippen molar-refractivity contribution in [3.8, 4) is 0 Å². The van der Waals surface area contributed by atoms with E-state index in [1.54, 1.807) is 11.3 Å². The minimum Gasteiger partial charge on any atom is -0.152 e. The summed E-state index contributed by atoms with van der Waals surface area (Å²) in [5, 5.41) is 4.05. The van der Waals surface area contributed by atoms with Crippen molar-refractivity contribution in [3.05, 3.63) is 26.9 Å². The number of hydrogen-bond acceptors (Lipinski definition) is 2. The Labute approximate surface area is 57.8 Å². The summed E-state index contributed by atoms with van der Waals surface area (Å²) in [5.41, 5.74) is 1.20. The molecule has 0 spiro atoms. The molecule has 0 saturated carbocycles. The standard InChI is InChI=1S/C6H6S2/c1-5-4-8-3-2-6(5)7/h2-4H,1H3. The average molecular weight is 142 g/mol. The van der Waals surface area contributed by atoms with Gasteiger partial charge in [0.15, 0.2) is 0 Å². The molecule has 0 saturated heterocycles. The molecule has 0 aliphatic rings. The maximum absolute atomic E-state index is 4.96. The van der Waals surface area contributed by atoms with Crippen LogP contribution in [0.3, 0.4) is 0 Å². The Balaban J connectivity index is 3.35. The molecule has 0 bridgehead atoms. The van der Waals surface area contributed by atoms with Gasteiger partial charge in [0.05, 0.1) is 0 Å². The van der Waals surface area contributed by atoms with Crippen LogP contribution in [0, 0.1) is 11.4 Å². The summed E-state index contributed by atoms with van der Waals surface area (Å²) in [6.07, 6.45) is 0. The van der Waals surface area contributed by atoms with E-state index in [9.17, 15) is 0 Å². The van der Waals surface area contributed by atoms with Crippen molar-refractivity contribution < 1.29 is 0 Å². The monoisotopic (exact) mass is 142 g/mol. The second kappa shape index (κ2) is 2.37. The van der Waals surface area contributed by atoms with E-state index in [0.29, 0.717) is 0 Å². The maximum Gasteiger partial charge on any atom is 0.0422 e. The van der Waals surface area contributed by atoms with Gasteiger partial charge in [0.1, 0.15) is 0 Å². The number of rotatable bonds is 0. The van der Waals surface area contributed by atoms with E-state index < -0.39 is 0 Å². The first kappa shape index (κ1) is 5.92. The van der Waals surface area contributed by atoms with Crippen LogP contribution >= 0.6 is 23.6 Å². The zero-order valence-electron chi connectivity index (χ0n) is 4.55. The molecule has 1 aromatic rings. The highest BCUT2D eigenvalue weighted by Crippen LogP contribution is 2.03. The highest BCUT2D eigenvalue weighted by atomic mass is 32.1. The largest absolute Gasteiger partial charge is 0.152 e. The fourth-order valence-electron chi connectivity index (χ4n) is 0.432. The first-order valence-electron chi connectivity index (χ1n) is 2.34. The predicted molar refractivity (Wildman–Crippen MR) is 39.9 cm³/mol. The molecule has 0 aliphatic heterocycles. The third-order valence-electron chi connectivity index (χ3n) is 0.931. The van der Waals surface area contributed by atoms with Crippen LogP contribution in [0.15, 0.2) is 16.8 Å². The van der Waals surface area contributed by atoms with Crippen molar-refractivity contribution in [2.24, 2.45) is 0 Å². The fraction of sp³-hybridized carbons (Fsp3) is 0.167. The lowest BCUT2D eigenvalue weighted by Gasteiger charge is -1.84. The topological polar surface area (TPSA) is 0 Å². The zero-order valence-corrected chi connectivity index (χ0v) is 6.18. The molecule has 0 nitrogen and oxygen atoms in total. The molecule has 0 unspecified atom stereocenters. The second-order valence-corrected chi connectivity index (χ2v) is 2.82. The van der Waals surface area contributed by atoms with Crippen LogP contribution in [0.5, 0.6) is 0 Å². The molecular weight excluding hydrogens is 136 g/mol. The molecule has 0 aliphatic carbocycles. The molecule has 8 heavy (non-hydrogen) atoms. The smallest absolute Gasteiger partial charge is 0.0422 e. The molecule has 0 atom stereocenters. The van der Waals surface area contributed by atoms with Crippen molar-refractivity contribution in [3.63, 3.8) is 0 Å². The number of aryl methyl sites for hydroxylation is 1. The van der Waals surface area contributed by atoms with Gasteiger partial charge in [-0.2, -0.15) is 11.3 Å². The molecule has 42 valence electrons. The van der Waals surface area contributed by atoms with Crippen LogP contribution in [-0.4, -0.2) is 0 Å². The Hall–Kier alpha value is -0.210. The normalized spacial score (nSPS) is 9.12. The Morgan fingerprint density at radius 3 is 2.75 bits per heavy atom. The third-order valence-corrected chi connectivity index (χ3v) is 2.17. The summed E-state index contributed by atoms with van der Waals surface area (Å²) in [6, 6.07) is 1.95. The quantitative estimate of drug-likeness (QED) is 0.502. The summed E-state index contributed by atoms with van der Waals surface area (Å²) >= 11 is 6.64. The van der Waals surface area contributed by atoms with Crippen LogP contribution in [0.4, 0.5) is 0 Å². The molecule has 1 aromatic heterocycles. The van der Waals surface area contributed by atoms with Crippen molar-refractivity contribution in [1.29, 1.82) is 0 Å². The molecule has 0 N–H and O–H groups in total. The molecular formula is C6H6S2. The first-order chi connectivity index (χ1) is 3.80. The lowest BCUT2D eigenvalue weighted by atomic mass is 10.4. The summed E-state index contributed by atoms with van der Waals surface area (Å²) < 4.78 is 0.962. The van der Waals surface area contributed by atoms with Gasteiger partial charge in [-0.1, -0.05) is 12.2 Å². The summed E-state index contributed by atoms with van der Waals surface area (Å²) in [5.74, 6) is 0. The second-order valence-electron chi connectivity index (χ2n) is 1.60. The highest BCUT2D eigenvalue weighted by molar-refractivity contribution is 7.71. The van der Waals surface area contributed by atoms with E-state index in [1.165, 1.54) is 5.56 Å². The van der Waals surface area contributed by atoms with E-state index in [-0.39, 0.29) is 0 Å². The molecule has 1 heterocycles. The van der Waals surface area contributed by atoms with Crippen LogP contribution in [0.1, 0.15) is 5.56 Å². The van der Waals surface area contributed by atoms with Gasteiger partial charge in [-0.25, -0.2) is 0 Å². The number of hydrogen-bond donors (Lipinski definition) is 0. The Morgan fingerprint density at radius 1 is 1.62 bits per heavy atom. The minimum absolute atomic E-state index is 0.962. The molecule has 0 amide bonds. The Morgan fingerprint density at radius 2 is 2.38 bits per heavy atom. The van der Waals surface area contributed by atoms with Crippen molar-refractivity contribution in [2.45, 2.75) is 6.92 Å². The predicted octanol–water partition coefficient (Wildman–Crippen LogP) is 2.79. The molecule has 1 rings (SSSR count). The van der Waals surface area contributed by atoms with Gasteiger partial charge >= 0.3 is 0 Å². The van der Waals surface area contributed by atoms with Crippen LogP contribution in [-0.2, 0) is 0 Å². The van der Waals surface area contributed by atoms with Gasteiger partial charge < -0.3 is 0 Å². The van der Waals surface area contributed by atoms with Crippen LogP contribution < -0.4 is 0 Å². The SMILES string of the molecule is Cc1csccc1=S. The molecule has 0 radical (unpaired) electrons. The van der Waals surface area contributed by atoms with Crippen molar-refractivity contribution in [1.82, 2.24) is 0 Å². The lowest BCUT2D eigenvalue weighted by Crippen LogP contribution is -1.65. The average Bonchev–Trinajstić information content (AvgIpc) is 1.77. The van der Waals surface area contributed by atoms with Gasteiger partial charge in [0.2, 0.25) is 0 Å². The molecule has 0 fully saturated rings. The van der Waals surface area contributed by atoms with E-state index in [2.05, 4.69) is 5.38 Å². The van der Waals surface area contributed by atoms with Crippen molar-refractivity contribution >= 4 is 23.6 Å². The fourth-order valence-corrected chi connectivity index (χ4v) is 1.34. The van der Waals surface area contributed by atoms with E-state index in [0.717, 1.165) is 4.51 Å². The summed E-state index contributed by atoms with van der Waals surface area (Å²) in [7, 11) is 0. The van der Waals surface area contributed by atoms with E-state index >= 15 is 0 Å². The summed E-state index contributed by atoms with van der Waals surface area (Å²) in [4.78, 5) is 0. The van der Waals surface area contributed by atoms with Crippen LogP contribution in [0.2, 0.25) is 0 Å². The van der Waals surface area contributed by atoms with Crippen molar-refractivity contribution in [2.75, 3.05) is 0 Å². The maximum atomic E-state index is 4.96. The zero-order chi connectivity index (χ0) is 5.98. The van der Waals surface area contributed by atoms with Gasteiger partial charge in [0, 0.05) is 4.51 Å². The molecule has 2 heteroatoms. The Kier molecular flexibility index (Phi) is 1.76. The third kappa shape index (κ3) is 1.14. The van der Waals surface area contributed by atoms with Gasteiger partial charge in [-0.15, -0.1) is 0 Å². The minimum atomic E-state index is 0.962. The first-order valence-corrected chi connectivity index (χ1v) is 3.69. The summed E-state index contributed by atoms with van der Waals surface area (Å²) in [6.45, 7) is 2.03. The van der Waals surface area contributed by atoms with Crippen LogP contribution in [0.25, 0.3) is 0 Å².